The van der Waals surface area contributed by atoms with Gasteiger partial charge in [0.25, 0.3) is 0 Å². The fourth-order valence-electron chi connectivity index (χ4n) is 2.90. The zero-order chi connectivity index (χ0) is 12.6. The number of rotatable bonds is 2. The van der Waals surface area contributed by atoms with Crippen molar-refractivity contribution in [3.63, 3.8) is 0 Å². The van der Waals surface area contributed by atoms with Crippen molar-refractivity contribution in [3.05, 3.63) is 28.5 Å². The predicted molar refractivity (Wildman–Crippen MR) is 73.3 cm³/mol. The van der Waals surface area contributed by atoms with Crippen LogP contribution >= 0.6 is 15.9 Å². The van der Waals surface area contributed by atoms with Gasteiger partial charge in [0, 0.05) is 22.8 Å². The number of hydrogen-bond donors (Lipinski definition) is 1. The highest BCUT2D eigenvalue weighted by molar-refractivity contribution is 9.10. The van der Waals surface area contributed by atoms with Gasteiger partial charge in [-0.25, -0.2) is 4.39 Å². The number of halogens is 2. The predicted octanol–water partition coefficient (Wildman–Crippen LogP) is 4.10. The van der Waals surface area contributed by atoms with E-state index in [0.717, 1.165) is 29.6 Å². The molecule has 1 spiro atoms. The van der Waals surface area contributed by atoms with E-state index in [4.69, 9.17) is 4.74 Å². The first kappa shape index (κ1) is 12.4. The Morgan fingerprint density at radius 3 is 2.89 bits per heavy atom. The maximum Gasteiger partial charge on any atom is 0.124 e. The SMILES string of the molecule is Fc1ccc(NC2CCOC3(CCC3)C2)c(Br)c1. The van der Waals surface area contributed by atoms with E-state index in [1.54, 1.807) is 6.07 Å². The van der Waals surface area contributed by atoms with Crippen LogP contribution in [0, 0.1) is 5.82 Å². The van der Waals surface area contributed by atoms with Crippen LogP contribution < -0.4 is 5.32 Å². The van der Waals surface area contributed by atoms with Crippen LogP contribution in [0.15, 0.2) is 22.7 Å². The third-order valence-electron chi connectivity index (χ3n) is 4.05. The summed E-state index contributed by atoms with van der Waals surface area (Å²) < 4.78 is 19.7. The Bertz CT molecular complexity index is 447. The highest BCUT2D eigenvalue weighted by Gasteiger charge is 2.42. The van der Waals surface area contributed by atoms with Gasteiger partial charge >= 0.3 is 0 Å². The zero-order valence-electron chi connectivity index (χ0n) is 10.2. The fourth-order valence-corrected chi connectivity index (χ4v) is 3.36. The van der Waals surface area contributed by atoms with Crippen molar-refractivity contribution in [1.82, 2.24) is 0 Å². The Morgan fingerprint density at radius 2 is 2.22 bits per heavy atom. The van der Waals surface area contributed by atoms with Gasteiger partial charge in [0.15, 0.2) is 0 Å². The van der Waals surface area contributed by atoms with Gasteiger partial charge < -0.3 is 10.1 Å². The first-order valence-electron chi connectivity index (χ1n) is 6.52. The van der Waals surface area contributed by atoms with Crippen molar-refractivity contribution in [2.45, 2.75) is 43.7 Å². The molecule has 1 aromatic rings. The summed E-state index contributed by atoms with van der Waals surface area (Å²) in [5.41, 5.74) is 1.11. The molecule has 0 radical (unpaired) electrons. The van der Waals surface area contributed by atoms with Gasteiger partial charge in [-0.1, -0.05) is 0 Å². The molecule has 1 heterocycles. The van der Waals surface area contributed by atoms with Gasteiger partial charge in [-0.15, -0.1) is 0 Å². The summed E-state index contributed by atoms with van der Waals surface area (Å²) in [6.07, 6.45) is 5.75. The molecule has 1 aliphatic carbocycles. The minimum Gasteiger partial charge on any atom is -0.381 e. The first-order chi connectivity index (χ1) is 8.67. The normalized spacial score (nSPS) is 25.8. The van der Waals surface area contributed by atoms with E-state index in [-0.39, 0.29) is 11.4 Å². The maximum absolute atomic E-state index is 13.0. The number of hydrogen-bond acceptors (Lipinski definition) is 2. The average molecular weight is 314 g/mol. The highest BCUT2D eigenvalue weighted by atomic mass is 79.9. The Kier molecular flexibility index (Phi) is 3.32. The molecule has 0 aromatic heterocycles. The van der Waals surface area contributed by atoms with E-state index in [9.17, 15) is 4.39 Å². The summed E-state index contributed by atoms with van der Waals surface area (Å²) in [4.78, 5) is 0. The molecule has 2 fully saturated rings. The third-order valence-corrected chi connectivity index (χ3v) is 4.70. The Morgan fingerprint density at radius 1 is 1.39 bits per heavy atom. The third kappa shape index (κ3) is 2.41. The molecule has 1 aliphatic heterocycles. The minimum absolute atomic E-state index is 0.141. The number of nitrogens with one attached hydrogen (secondary N) is 1. The van der Waals surface area contributed by atoms with Crippen LogP contribution in [-0.4, -0.2) is 18.2 Å². The molecule has 2 nitrogen and oxygen atoms in total. The zero-order valence-corrected chi connectivity index (χ0v) is 11.8. The molecule has 4 heteroatoms. The standard InChI is InChI=1S/C14H17BrFNO/c15-12-8-10(16)2-3-13(12)17-11-4-7-18-14(9-11)5-1-6-14/h2-3,8,11,17H,1,4-7,9H2. The monoisotopic (exact) mass is 313 g/mol. The molecular formula is C14H17BrFNO. The topological polar surface area (TPSA) is 21.3 Å². The average Bonchev–Trinajstić information content (AvgIpc) is 2.31. The van der Waals surface area contributed by atoms with E-state index in [2.05, 4.69) is 21.2 Å². The van der Waals surface area contributed by atoms with Crippen LogP contribution in [-0.2, 0) is 4.74 Å². The lowest BCUT2D eigenvalue weighted by molar-refractivity contribution is -0.130. The molecule has 1 unspecified atom stereocenters. The number of ether oxygens (including phenoxy) is 1. The lowest BCUT2D eigenvalue weighted by atomic mass is 9.74. The van der Waals surface area contributed by atoms with Crippen molar-refractivity contribution in [2.24, 2.45) is 0 Å². The van der Waals surface area contributed by atoms with Crippen LogP contribution in [0.25, 0.3) is 0 Å². The minimum atomic E-state index is -0.213. The second-order valence-electron chi connectivity index (χ2n) is 5.34. The Balaban J connectivity index is 1.68. The highest BCUT2D eigenvalue weighted by Crippen LogP contribution is 2.43. The summed E-state index contributed by atoms with van der Waals surface area (Å²) in [5.74, 6) is -0.213. The first-order valence-corrected chi connectivity index (χ1v) is 7.32. The molecule has 0 amide bonds. The lowest BCUT2D eigenvalue weighted by Crippen LogP contribution is -2.49. The fraction of sp³-hybridized carbons (Fsp3) is 0.571. The second kappa shape index (κ2) is 4.82. The Hall–Kier alpha value is -0.610. The molecule has 1 atom stereocenters. The summed E-state index contributed by atoms with van der Waals surface area (Å²) in [5, 5.41) is 3.51. The van der Waals surface area contributed by atoms with E-state index in [1.807, 2.05) is 0 Å². The van der Waals surface area contributed by atoms with Gasteiger partial charge in [0.1, 0.15) is 5.82 Å². The van der Waals surface area contributed by atoms with Crippen LogP contribution in [0.3, 0.4) is 0 Å². The smallest absolute Gasteiger partial charge is 0.124 e. The second-order valence-corrected chi connectivity index (χ2v) is 6.20. The number of benzene rings is 1. The van der Waals surface area contributed by atoms with E-state index >= 15 is 0 Å². The van der Waals surface area contributed by atoms with Crippen molar-refractivity contribution in [3.8, 4) is 0 Å². The Labute approximate surface area is 115 Å². The van der Waals surface area contributed by atoms with Gasteiger partial charge in [-0.3, -0.25) is 0 Å². The summed E-state index contributed by atoms with van der Waals surface area (Å²) in [7, 11) is 0. The van der Waals surface area contributed by atoms with E-state index in [0.29, 0.717) is 6.04 Å². The van der Waals surface area contributed by atoms with Crippen molar-refractivity contribution < 1.29 is 9.13 Å². The van der Waals surface area contributed by atoms with Crippen LogP contribution in [0.2, 0.25) is 0 Å². The van der Waals surface area contributed by atoms with Crippen molar-refractivity contribution in [2.75, 3.05) is 11.9 Å². The van der Waals surface area contributed by atoms with Crippen molar-refractivity contribution in [1.29, 1.82) is 0 Å². The number of anilines is 1. The molecule has 18 heavy (non-hydrogen) atoms. The molecule has 98 valence electrons. The summed E-state index contributed by atoms with van der Waals surface area (Å²) >= 11 is 3.40. The molecule has 1 N–H and O–H groups in total. The molecule has 2 aliphatic rings. The molecule has 0 bridgehead atoms. The van der Waals surface area contributed by atoms with Crippen LogP contribution in [0.1, 0.15) is 32.1 Å². The maximum atomic E-state index is 13.0. The van der Waals surface area contributed by atoms with Crippen LogP contribution in [0.5, 0.6) is 0 Å². The molecule has 3 rings (SSSR count). The largest absolute Gasteiger partial charge is 0.381 e. The molecular weight excluding hydrogens is 297 g/mol. The summed E-state index contributed by atoms with van der Waals surface area (Å²) in [6, 6.07) is 5.22. The quantitative estimate of drug-likeness (QED) is 0.887. The summed E-state index contributed by atoms with van der Waals surface area (Å²) in [6.45, 7) is 0.830. The van der Waals surface area contributed by atoms with Crippen LogP contribution in [0.4, 0.5) is 10.1 Å². The van der Waals surface area contributed by atoms with Crippen molar-refractivity contribution >= 4 is 21.6 Å². The van der Waals surface area contributed by atoms with Gasteiger partial charge in [-0.05, 0) is 66.2 Å². The van der Waals surface area contributed by atoms with Gasteiger partial charge in [0.2, 0.25) is 0 Å². The molecule has 1 saturated heterocycles. The van der Waals surface area contributed by atoms with Gasteiger partial charge in [0.05, 0.1) is 5.60 Å². The molecule has 1 saturated carbocycles. The van der Waals surface area contributed by atoms with E-state index < -0.39 is 0 Å². The lowest BCUT2D eigenvalue weighted by Gasteiger charge is -2.47. The van der Waals surface area contributed by atoms with E-state index in [1.165, 1.54) is 31.4 Å². The van der Waals surface area contributed by atoms with Gasteiger partial charge in [-0.2, -0.15) is 0 Å². The molecule has 1 aromatic carbocycles.